The first-order chi connectivity index (χ1) is 12.0. The van der Waals surface area contributed by atoms with Gasteiger partial charge in [-0.15, -0.1) is 0 Å². The van der Waals surface area contributed by atoms with Crippen molar-refractivity contribution in [1.29, 1.82) is 0 Å². The minimum atomic E-state index is -3.29. The number of amides is 1. The van der Waals surface area contributed by atoms with Gasteiger partial charge in [-0.05, 0) is 12.1 Å². The minimum absolute atomic E-state index is 0.0729. The molecule has 0 saturated carbocycles. The normalized spacial score (nSPS) is 15.5. The van der Waals surface area contributed by atoms with Gasteiger partial charge in [-0.1, -0.05) is 20.8 Å². The van der Waals surface area contributed by atoms with Crippen LogP contribution in [0.25, 0.3) is 5.69 Å². The molecule has 0 aliphatic carbocycles. The van der Waals surface area contributed by atoms with E-state index in [1.165, 1.54) is 28.9 Å². The summed E-state index contributed by atoms with van der Waals surface area (Å²) >= 11 is 0. The second-order valence-corrected chi connectivity index (χ2v) is 9.26. The Hall–Kier alpha value is -2.75. The summed E-state index contributed by atoms with van der Waals surface area (Å²) in [4.78, 5) is 22.7. The maximum atomic E-state index is 12.4. The van der Waals surface area contributed by atoms with E-state index in [2.05, 4.69) is 10.4 Å². The Labute approximate surface area is 150 Å². The maximum Gasteiger partial charge on any atom is 0.269 e. The van der Waals surface area contributed by atoms with E-state index in [4.69, 9.17) is 0 Å². The predicted octanol–water partition coefficient (Wildman–Crippen LogP) is 2.19. The number of carbonyl (C=O) groups is 1. The number of benzene rings is 1. The summed E-state index contributed by atoms with van der Waals surface area (Å²) in [5, 5.41) is 17.9. The van der Waals surface area contributed by atoms with Crippen LogP contribution in [0.1, 0.15) is 32.0 Å². The molecule has 3 rings (SSSR count). The standard InChI is InChI=1S/C16H18N4O5S/c1-16(2,3)15(21)17-14-12-8-26(24,25)9-13(12)18-19(14)10-4-6-11(7-5-10)20(22)23/h4-7H,8-9H2,1-3H3,(H,17,21). The molecule has 2 heterocycles. The first kappa shape index (κ1) is 18.1. The van der Waals surface area contributed by atoms with Crippen LogP contribution in [0.3, 0.4) is 0 Å². The maximum absolute atomic E-state index is 12.4. The van der Waals surface area contributed by atoms with Crippen LogP contribution in [0, 0.1) is 15.5 Å². The van der Waals surface area contributed by atoms with E-state index in [1.807, 2.05) is 0 Å². The van der Waals surface area contributed by atoms with Crippen molar-refractivity contribution < 1.29 is 18.1 Å². The lowest BCUT2D eigenvalue weighted by atomic mass is 9.95. The first-order valence-corrected chi connectivity index (χ1v) is 9.67. The number of hydrogen-bond donors (Lipinski definition) is 1. The van der Waals surface area contributed by atoms with Crippen molar-refractivity contribution >= 4 is 27.2 Å². The smallest absolute Gasteiger partial charge is 0.269 e. The zero-order valence-electron chi connectivity index (χ0n) is 14.5. The average Bonchev–Trinajstić information content (AvgIpc) is 2.99. The molecule has 1 amide bonds. The van der Waals surface area contributed by atoms with Gasteiger partial charge in [-0.25, -0.2) is 13.1 Å². The Bertz CT molecular complexity index is 1000. The molecule has 0 unspecified atom stereocenters. The lowest BCUT2D eigenvalue weighted by molar-refractivity contribution is -0.384. The van der Waals surface area contributed by atoms with Crippen molar-refractivity contribution in [3.8, 4) is 5.69 Å². The quantitative estimate of drug-likeness (QED) is 0.645. The number of nitrogens with zero attached hydrogens (tertiary/aromatic N) is 3. The van der Waals surface area contributed by atoms with Gasteiger partial charge in [0.2, 0.25) is 5.91 Å². The van der Waals surface area contributed by atoms with Crippen molar-refractivity contribution in [3.63, 3.8) is 0 Å². The zero-order valence-corrected chi connectivity index (χ0v) is 15.3. The van der Waals surface area contributed by atoms with E-state index in [0.717, 1.165) is 0 Å². The van der Waals surface area contributed by atoms with Crippen LogP contribution in [0.2, 0.25) is 0 Å². The summed E-state index contributed by atoms with van der Waals surface area (Å²) in [5.74, 6) is -0.391. The highest BCUT2D eigenvalue weighted by Crippen LogP contribution is 2.34. The van der Waals surface area contributed by atoms with Crippen LogP contribution in [0.5, 0.6) is 0 Å². The summed E-state index contributed by atoms with van der Waals surface area (Å²) in [6, 6.07) is 5.66. The largest absolute Gasteiger partial charge is 0.310 e. The molecular weight excluding hydrogens is 360 g/mol. The summed E-state index contributed by atoms with van der Waals surface area (Å²) in [6.45, 7) is 5.23. The number of fused-ring (bicyclic) bond motifs is 1. The Morgan fingerprint density at radius 3 is 2.38 bits per heavy atom. The summed E-state index contributed by atoms with van der Waals surface area (Å²) in [7, 11) is -3.29. The second kappa shape index (κ2) is 5.90. The van der Waals surface area contributed by atoms with Gasteiger partial charge in [0.1, 0.15) is 5.82 Å². The molecule has 0 atom stereocenters. The highest BCUT2D eigenvalue weighted by molar-refractivity contribution is 7.90. The van der Waals surface area contributed by atoms with Crippen LogP contribution < -0.4 is 5.32 Å². The molecule has 1 aliphatic rings. The van der Waals surface area contributed by atoms with E-state index < -0.39 is 20.2 Å². The molecule has 0 fully saturated rings. The van der Waals surface area contributed by atoms with E-state index in [1.54, 1.807) is 20.8 Å². The van der Waals surface area contributed by atoms with E-state index in [-0.39, 0.29) is 28.9 Å². The molecular formula is C16H18N4O5S. The number of nitro groups is 1. The first-order valence-electron chi connectivity index (χ1n) is 7.85. The van der Waals surface area contributed by atoms with Crippen molar-refractivity contribution in [3.05, 3.63) is 45.6 Å². The molecule has 0 radical (unpaired) electrons. The van der Waals surface area contributed by atoms with Gasteiger partial charge in [0, 0.05) is 23.1 Å². The molecule has 1 aliphatic heterocycles. The van der Waals surface area contributed by atoms with Crippen LogP contribution in [-0.2, 0) is 26.1 Å². The fraction of sp³-hybridized carbons (Fsp3) is 0.375. The molecule has 2 aromatic rings. The van der Waals surface area contributed by atoms with Crippen LogP contribution in [0.4, 0.5) is 11.5 Å². The van der Waals surface area contributed by atoms with Gasteiger partial charge in [-0.3, -0.25) is 14.9 Å². The van der Waals surface area contributed by atoms with E-state index in [9.17, 15) is 23.3 Å². The molecule has 26 heavy (non-hydrogen) atoms. The zero-order chi connectivity index (χ0) is 19.3. The molecule has 9 nitrogen and oxygen atoms in total. The number of nitro benzene ring substituents is 1. The number of aromatic nitrogens is 2. The van der Waals surface area contributed by atoms with Gasteiger partial charge in [0.05, 0.1) is 27.8 Å². The molecule has 1 aromatic carbocycles. The summed E-state index contributed by atoms with van der Waals surface area (Å²) in [5.41, 5.74) is 0.575. The van der Waals surface area contributed by atoms with Gasteiger partial charge < -0.3 is 5.32 Å². The number of rotatable bonds is 3. The highest BCUT2D eigenvalue weighted by Gasteiger charge is 2.34. The molecule has 1 aromatic heterocycles. The van der Waals surface area contributed by atoms with Gasteiger partial charge in [0.25, 0.3) is 5.69 Å². The minimum Gasteiger partial charge on any atom is -0.310 e. The Morgan fingerprint density at radius 1 is 1.23 bits per heavy atom. The number of anilines is 1. The third kappa shape index (κ3) is 3.32. The number of sulfone groups is 1. The lowest BCUT2D eigenvalue weighted by Gasteiger charge is -2.19. The van der Waals surface area contributed by atoms with Gasteiger partial charge in [0.15, 0.2) is 9.84 Å². The molecule has 0 spiro atoms. The van der Waals surface area contributed by atoms with Crippen molar-refractivity contribution in [2.45, 2.75) is 32.3 Å². The predicted molar refractivity (Wildman–Crippen MR) is 94.6 cm³/mol. The van der Waals surface area contributed by atoms with Crippen molar-refractivity contribution in [2.24, 2.45) is 5.41 Å². The average molecular weight is 378 g/mol. The van der Waals surface area contributed by atoms with Crippen LogP contribution in [0.15, 0.2) is 24.3 Å². The fourth-order valence-electron chi connectivity index (χ4n) is 2.57. The van der Waals surface area contributed by atoms with Crippen LogP contribution >= 0.6 is 0 Å². The van der Waals surface area contributed by atoms with Crippen molar-refractivity contribution in [1.82, 2.24) is 9.78 Å². The Kier molecular flexibility index (Phi) is 4.10. The lowest BCUT2D eigenvalue weighted by Crippen LogP contribution is -2.29. The number of hydrogen-bond acceptors (Lipinski definition) is 6. The third-order valence-electron chi connectivity index (χ3n) is 4.01. The summed E-state index contributed by atoms with van der Waals surface area (Å²) in [6.07, 6.45) is 0. The van der Waals surface area contributed by atoms with Crippen molar-refractivity contribution in [2.75, 3.05) is 5.32 Å². The van der Waals surface area contributed by atoms with E-state index >= 15 is 0 Å². The van der Waals surface area contributed by atoms with Gasteiger partial charge >= 0.3 is 0 Å². The number of nitrogens with one attached hydrogen (secondary N) is 1. The summed E-state index contributed by atoms with van der Waals surface area (Å²) < 4.78 is 25.3. The molecule has 138 valence electrons. The number of carbonyl (C=O) groups excluding carboxylic acids is 1. The van der Waals surface area contributed by atoms with Gasteiger partial charge in [-0.2, -0.15) is 5.10 Å². The molecule has 1 N–H and O–H groups in total. The molecule has 0 bridgehead atoms. The van der Waals surface area contributed by atoms with E-state index in [0.29, 0.717) is 16.9 Å². The number of non-ortho nitro benzene ring substituents is 1. The molecule has 0 saturated heterocycles. The fourth-order valence-corrected chi connectivity index (χ4v) is 4.06. The second-order valence-electron chi connectivity index (χ2n) is 7.20. The molecule has 10 heteroatoms. The van der Waals surface area contributed by atoms with Crippen LogP contribution in [-0.4, -0.2) is 29.0 Å². The highest BCUT2D eigenvalue weighted by atomic mass is 32.2. The third-order valence-corrected chi connectivity index (χ3v) is 5.45. The topological polar surface area (TPSA) is 124 Å². The monoisotopic (exact) mass is 378 g/mol. The SMILES string of the molecule is CC(C)(C)C(=O)Nc1c2c(nn1-c1ccc([N+](=O)[O-])cc1)CS(=O)(=O)C2. The Balaban J connectivity index is 2.08. The Morgan fingerprint density at radius 2 is 1.85 bits per heavy atom.